The Bertz CT molecular complexity index is 1250. The van der Waals surface area contributed by atoms with Gasteiger partial charge in [0.1, 0.15) is 23.7 Å². The molecule has 0 unspecified atom stereocenters. The number of pyridine rings is 1. The summed E-state index contributed by atoms with van der Waals surface area (Å²) in [5.41, 5.74) is 8.70. The minimum atomic E-state index is -0.183. The molecule has 0 spiro atoms. The molecule has 4 aromatic rings. The van der Waals surface area contributed by atoms with Crippen molar-refractivity contribution in [2.75, 3.05) is 0 Å². The van der Waals surface area contributed by atoms with Crippen LogP contribution in [0.3, 0.4) is 0 Å². The lowest BCUT2D eigenvalue weighted by atomic mass is 10.1. The van der Waals surface area contributed by atoms with Gasteiger partial charge in [-0.2, -0.15) is 5.10 Å². The quantitative estimate of drug-likeness (QED) is 0.133. The maximum absolute atomic E-state index is 12.6. The number of hydrazone groups is 1. The van der Waals surface area contributed by atoms with Crippen LogP contribution < -0.4 is 16.3 Å². The molecule has 0 amide bonds. The largest absolute Gasteiger partial charge is 0.489 e. The molecule has 4 N–H and O–H groups in total. The van der Waals surface area contributed by atoms with Gasteiger partial charge in [-0.25, -0.2) is 9.97 Å². The van der Waals surface area contributed by atoms with Crippen LogP contribution in [0.15, 0.2) is 88.5 Å². The second-order valence-corrected chi connectivity index (χ2v) is 7.29. The van der Waals surface area contributed by atoms with Crippen LogP contribution in [0.1, 0.15) is 33.9 Å². The van der Waals surface area contributed by atoms with Crippen LogP contribution in [0.4, 0.5) is 0 Å². The van der Waals surface area contributed by atoms with Crippen LogP contribution in [0, 0.1) is 0 Å². The van der Waals surface area contributed by atoms with Gasteiger partial charge >= 0.3 is 0 Å². The Morgan fingerprint density at radius 1 is 0.970 bits per heavy atom. The number of hydrogen-bond acceptors (Lipinski definition) is 7. The Morgan fingerprint density at radius 2 is 1.73 bits per heavy atom. The SMILES string of the molecule is N/N=C(\N)c1cccc(-c2cnc(C(=O)CCc3ccc(COc4ccccc4)cc3)o2)n1. The van der Waals surface area contributed by atoms with E-state index in [9.17, 15) is 4.79 Å². The van der Waals surface area contributed by atoms with Crippen molar-refractivity contribution < 1.29 is 13.9 Å². The highest BCUT2D eigenvalue weighted by Gasteiger charge is 2.15. The molecule has 0 saturated heterocycles. The smallest absolute Gasteiger partial charge is 0.263 e. The molecule has 166 valence electrons. The molecule has 0 saturated carbocycles. The van der Waals surface area contributed by atoms with Crippen molar-refractivity contribution in [3.8, 4) is 17.2 Å². The normalized spacial score (nSPS) is 11.3. The first-order valence-corrected chi connectivity index (χ1v) is 10.4. The van der Waals surface area contributed by atoms with Crippen molar-refractivity contribution in [3.63, 3.8) is 0 Å². The van der Waals surface area contributed by atoms with Crippen molar-refractivity contribution in [2.45, 2.75) is 19.4 Å². The van der Waals surface area contributed by atoms with Crippen molar-refractivity contribution in [2.24, 2.45) is 16.7 Å². The number of hydrogen-bond donors (Lipinski definition) is 2. The number of amidine groups is 1. The standard InChI is InChI=1S/C25H23N5O3/c26-24(30-27)21-8-4-7-20(29-21)23-15-28-25(33-23)22(31)14-13-17-9-11-18(12-10-17)16-32-19-5-2-1-3-6-19/h1-12,15H,13-14,16,27H2,(H2,26,30). The van der Waals surface area contributed by atoms with E-state index in [2.05, 4.69) is 15.1 Å². The van der Waals surface area contributed by atoms with Gasteiger partial charge in [-0.05, 0) is 41.8 Å². The van der Waals surface area contributed by atoms with E-state index in [1.54, 1.807) is 18.2 Å². The Morgan fingerprint density at radius 3 is 2.48 bits per heavy atom. The third-order valence-corrected chi connectivity index (χ3v) is 4.96. The summed E-state index contributed by atoms with van der Waals surface area (Å²) in [5, 5.41) is 3.43. The molecule has 2 aromatic carbocycles. The average Bonchev–Trinajstić information content (AvgIpc) is 3.37. The number of oxazole rings is 1. The maximum Gasteiger partial charge on any atom is 0.263 e. The van der Waals surface area contributed by atoms with Crippen LogP contribution in [-0.2, 0) is 13.0 Å². The number of ketones is 1. The van der Waals surface area contributed by atoms with Crippen molar-refractivity contribution in [1.29, 1.82) is 0 Å². The maximum atomic E-state index is 12.6. The zero-order valence-electron chi connectivity index (χ0n) is 17.8. The molecule has 2 aromatic heterocycles. The predicted octanol–water partition coefficient (Wildman–Crippen LogP) is 3.71. The Labute approximate surface area is 190 Å². The summed E-state index contributed by atoms with van der Waals surface area (Å²) in [4.78, 5) is 21.0. The number of para-hydroxylation sites is 1. The Hall–Kier alpha value is -4.46. The number of aryl methyl sites for hydroxylation is 1. The summed E-state index contributed by atoms with van der Waals surface area (Å²) in [6, 6.07) is 22.8. The molecule has 0 aliphatic heterocycles. The summed E-state index contributed by atoms with van der Waals surface area (Å²) >= 11 is 0. The molecule has 0 aliphatic carbocycles. The minimum absolute atomic E-state index is 0.0468. The van der Waals surface area contributed by atoms with Gasteiger partial charge < -0.3 is 20.7 Å². The first-order valence-electron chi connectivity index (χ1n) is 10.4. The fraction of sp³-hybridized carbons (Fsp3) is 0.120. The van der Waals surface area contributed by atoms with Crippen molar-refractivity contribution in [3.05, 3.63) is 102 Å². The Kier molecular flexibility index (Phi) is 6.75. The second kappa shape index (κ2) is 10.2. The number of Topliss-reactive ketones (excluding diaryl/α,β-unsaturated/α-hetero) is 1. The van der Waals surface area contributed by atoms with E-state index in [4.69, 9.17) is 20.7 Å². The molecule has 33 heavy (non-hydrogen) atoms. The first kappa shape index (κ1) is 21.8. The highest BCUT2D eigenvalue weighted by atomic mass is 16.5. The summed E-state index contributed by atoms with van der Waals surface area (Å²) in [7, 11) is 0. The van der Waals surface area contributed by atoms with E-state index in [1.165, 1.54) is 6.20 Å². The molecule has 0 radical (unpaired) electrons. The Balaban J connectivity index is 1.33. The van der Waals surface area contributed by atoms with Crippen LogP contribution in [0.5, 0.6) is 5.75 Å². The molecule has 4 rings (SSSR count). The lowest BCUT2D eigenvalue weighted by Gasteiger charge is -2.07. The average molecular weight is 441 g/mol. The van der Waals surface area contributed by atoms with E-state index >= 15 is 0 Å². The molecule has 8 heteroatoms. The topological polar surface area (TPSA) is 130 Å². The first-order chi connectivity index (χ1) is 16.1. The third kappa shape index (κ3) is 5.62. The van der Waals surface area contributed by atoms with E-state index in [1.807, 2.05) is 54.6 Å². The molecule has 0 atom stereocenters. The molecular formula is C25H23N5O3. The van der Waals surface area contributed by atoms with Crippen LogP contribution in [0.25, 0.3) is 11.5 Å². The van der Waals surface area contributed by atoms with E-state index in [-0.39, 0.29) is 23.9 Å². The highest BCUT2D eigenvalue weighted by molar-refractivity contribution is 5.96. The van der Waals surface area contributed by atoms with Gasteiger partial charge in [0, 0.05) is 6.42 Å². The predicted molar refractivity (Wildman–Crippen MR) is 125 cm³/mol. The molecule has 0 aliphatic rings. The van der Waals surface area contributed by atoms with E-state index < -0.39 is 0 Å². The van der Waals surface area contributed by atoms with Gasteiger partial charge in [0.15, 0.2) is 11.6 Å². The van der Waals surface area contributed by atoms with Gasteiger partial charge in [-0.1, -0.05) is 48.5 Å². The summed E-state index contributed by atoms with van der Waals surface area (Å²) in [5.74, 6) is 6.36. The van der Waals surface area contributed by atoms with Gasteiger partial charge in [-0.3, -0.25) is 4.79 Å². The van der Waals surface area contributed by atoms with Crippen molar-refractivity contribution >= 4 is 11.6 Å². The van der Waals surface area contributed by atoms with Crippen LogP contribution in [0.2, 0.25) is 0 Å². The summed E-state index contributed by atoms with van der Waals surface area (Å²) < 4.78 is 11.4. The highest BCUT2D eigenvalue weighted by Crippen LogP contribution is 2.20. The van der Waals surface area contributed by atoms with Gasteiger partial charge in [0.05, 0.1) is 6.20 Å². The molecular weight excluding hydrogens is 418 g/mol. The van der Waals surface area contributed by atoms with Gasteiger partial charge in [0.2, 0.25) is 5.78 Å². The number of nitrogens with zero attached hydrogens (tertiary/aromatic N) is 3. The number of carbonyl (C=O) groups is 1. The van der Waals surface area contributed by atoms with E-state index in [0.29, 0.717) is 30.2 Å². The molecule has 8 nitrogen and oxygen atoms in total. The molecule has 0 fully saturated rings. The summed E-state index contributed by atoms with van der Waals surface area (Å²) in [6.07, 6.45) is 2.32. The number of rotatable bonds is 9. The minimum Gasteiger partial charge on any atom is -0.489 e. The fourth-order valence-electron chi connectivity index (χ4n) is 3.15. The lowest BCUT2D eigenvalue weighted by Crippen LogP contribution is -2.17. The lowest BCUT2D eigenvalue weighted by molar-refractivity contribution is 0.0950. The van der Waals surface area contributed by atoms with Crippen molar-refractivity contribution in [1.82, 2.24) is 9.97 Å². The van der Waals surface area contributed by atoms with E-state index in [0.717, 1.165) is 16.9 Å². The zero-order chi connectivity index (χ0) is 23.0. The third-order valence-electron chi connectivity index (χ3n) is 4.96. The fourth-order valence-corrected chi connectivity index (χ4v) is 3.15. The van der Waals surface area contributed by atoms with Crippen LogP contribution in [-0.4, -0.2) is 21.6 Å². The number of aromatic nitrogens is 2. The zero-order valence-corrected chi connectivity index (χ0v) is 17.8. The van der Waals surface area contributed by atoms with Gasteiger partial charge in [0.25, 0.3) is 5.89 Å². The van der Waals surface area contributed by atoms with Crippen LogP contribution >= 0.6 is 0 Å². The number of benzene rings is 2. The second-order valence-electron chi connectivity index (χ2n) is 7.29. The number of nitrogens with two attached hydrogens (primary N) is 2. The number of carbonyl (C=O) groups excluding carboxylic acids is 1. The number of ether oxygens (including phenoxy) is 1. The monoisotopic (exact) mass is 441 g/mol. The summed E-state index contributed by atoms with van der Waals surface area (Å²) in [6.45, 7) is 0.486. The van der Waals surface area contributed by atoms with Gasteiger partial charge in [-0.15, -0.1) is 0 Å². The molecule has 0 bridgehead atoms. The molecule has 2 heterocycles.